The largest absolute Gasteiger partial charge is 0.382 e. The maximum atomic E-state index is 5.73. The molecule has 84 valence electrons. The first-order valence-corrected chi connectivity index (χ1v) is 4.85. The average molecular weight is 213 g/mol. The van der Waals surface area contributed by atoms with Gasteiger partial charge in [-0.1, -0.05) is 0 Å². The first-order valence-electron chi connectivity index (χ1n) is 4.85. The topological polar surface area (TPSA) is 58.4 Å². The molecule has 0 amide bonds. The van der Waals surface area contributed by atoms with Crippen LogP contribution in [-0.4, -0.2) is 47.0 Å². The molecule has 0 aliphatic carbocycles. The Hall–Kier alpha value is -0.980. The SMILES string of the molecule is COCC1COC(C)(Cn2cncn2)O1. The fourth-order valence-corrected chi connectivity index (χ4v) is 1.65. The van der Waals surface area contributed by atoms with E-state index in [0.717, 1.165) is 0 Å². The lowest BCUT2D eigenvalue weighted by Crippen LogP contribution is -2.33. The molecule has 1 aliphatic heterocycles. The van der Waals surface area contributed by atoms with Crippen LogP contribution in [0, 0.1) is 0 Å². The quantitative estimate of drug-likeness (QED) is 0.707. The van der Waals surface area contributed by atoms with E-state index in [2.05, 4.69) is 10.1 Å². The third-order valence-electron chi connectivity index (χ3n) is 2.26. The molecule has 15 heavy (non-hydrogen) atoms. The third-order valence-corrected chi connectivity index (χ3v) is 2.26. The molecule has 1 saturated heterocycles. The summed E-state index contributed by atoms with van der Waals surface area (Å²) in [5, 5.41) is 4.01. The molecule has 0 radical (unpaired) electrons. The first kappa shape index (κ1) is 10.5. The van der Waals surface area contributed by atoms with E-state index in [4.69, 9.17) is 14.2 Å². The average Bonchev–Trinajstić information content (AvgIpc) is 2.78. The minimum Gasteiger partial charge on any atom is -0.382 e. The molecule has 1 aromatic rings. The third kappa shape index (κ3) is 2.53. The van der Waals surface area contributed by atoms with Crippen molar-refractivity contribution < 1.29 is 14.2 Å². The minimum absolute atomic E-state index is 0.00326. The Balaban J connectivity index is 1.92. The molecule has 0 spiro atoms. The number of aromatic nitrogens is 3. The van der Waals surface area contributed by atoms with Gasteiger partial charge in [-0.15, -0.1) is 0 Å². The van der Waals surface area contributed by atoms with Gasteiger partial charge in [-0.25, -0.2) is 9.67 Å². The second-order valence-corrected chi connectivity index (χ2v) is 3.73. The molecule has 1 aromatic heterocycles. The van der Waals surface area contributed by atoms with Crippen LogP contribution in [0.4, 0.5) is 0 Å². The summed E-state index contributed by atoms with van der Waals surface area (Å²) in [5.74, 6) is -0.628. The van der Waals surface area contributed by atoms with Gasteiger partial charge in [-0.2, -0.15) is 5.10 Å². The van der Waals surface area contributed by atoms with Gasteiger partial charge in [0.1, 0.15) is 18.8 Å². The highest BCUT2D eigenvalue weighted by atomic mass is 16.7. The van der Waals surface area contributed by atoms with Crippen LogP contribution in [0.5, 0.6) is 0 Å². The highest BCUT2D eigenvalue weighted by molar-refractivity contribution is 4.75. The molecule has 6 nitrogen and oxygen atoms in total. The van der Waals surface area contributed by atoms with Crippen molar-refractivity contribution in [2.45, 2.75) is 25.4 Å². The molecule has 2 atom stereocenters. The van der Waals surface area contributed by atoms with Crippen molar-refractivity contribution in [3.8, 4) is 0 Å². The summed E-state index contributed by atoms with van der Waals surface area (Å²) in [4.78, 5) is 3.87. The zero-order valence-corrected chi connectivity index (χ0v) is 8.92. The Morgan fingerprint density at radius 1 is 1.67 bits per heavy atom. The predicted molar refractivity (Wildman–Crippen MR) is 51.1 cm³/mol. The van der Waals surface area contributed by atoms with Crippen molar-refractivity contribution in [3.05, 3.63) is 12.7 Å². The molecule has 1 fully saturated rings. The van der Waals surface area contributed by atoms with Crippen LogP contribution in [-0.2, 0) is 20.8 Å². The zero-order valence-electron chi connectivity index (χ0n) is 8.92. The van der Waals surface area contributed by atoms with Crippen molar-refractivity contribution in [1.82, 2.24) is 14.8 Å². The summed E-state index contributed by atoms with van der Waals surface area (Å²) in [6.07, 6.45) is 3.13. The normalized spacial score (nSPS) is 30.9. The smallest absolute Gasteiger partial charge is 0.185 e. The zero-order chi connectivity index (χ0) is 10.7. The van der Waals surface area contributed by atoms with Gasteiger partial charge in [0.05, 0.1) is 19.8 Å². The predicted octanol–water partition coefficient (Wildman–Crippen LogP) is 0.0561. The van der Waals surface area contributed by atoms with Crippen molar-refractivity contribution in [1.29, 1.82) is 0 Å². The van der Waals surface area contributed by atoms with Crippen molar-refractivity contribution in [3.63, 3.8) is 0 Å². The lowest BCUT2D eigenvalue weighted by molar-refractivity contribution is -0.169. The summed E-state index contributed by atoms with van der Waals surface area (Å²) in [7, 11) is 1.65. The van der Waals surface area contributed by atoms with Gasteiger partial charge < -0.3 is 14.2 Å². The maximum Gasteiger partial charge on any atom is 0.185 e. The van der Waals surface area contributed by atoms with Crippen LogP contribution in [0.1, 0.15) is 6.92 Å². The van der Waals surface area contributed by atoms with Gasteiger partial charge in [0.25, 0.3) is 0 Å². The molecule has 0 bridgehead atoms. The summed E-state index contributed by atoms with van der Waals surface area (Å²) in [5.41, 5.74) is 0. The number of rotatable bonds is 4. The first-order chi connectivity index (χ1) is 7.22. The van der Waals surface area contributed by atoms with E-state index in [9.17, 15) is 0 Å². The number of hydrogen-bond acceptors (Lipinski definition) is 5. The second-order valence-electron chi connectivity index (χ2n) is 3.73. The monoisotopic (exact) mass is 213 g/mol. The minimum atomic E-state index is -0.628. The van der Waals surface area contributed by atoms with E-state index in [-0.39, 0.29) is 6.10 Å². The van der Waals surface area contributed by atoms with E-state index in [1.807, 2.05) is 6.92 Å². The molecule has 2 heterocycles. The number of ether oxygens (including phenoxy) is 3. The van der Waals surface area contributed by atoms with Crippen LogP contribution < -0.4 is 0 Å². The molecule has 2 unspecified atom stereocenters. The lowest BCUT2D eigenvalue weighted by Gasteiger charge is -2.22. The lowest BCUT2D eigenvalue weighted by atomic mass is 10.3. The Labute approximate surface area is 88.1 Å². The van der Waals surface area contributed by atoms with E-state index in [1.165, 1.54) is 6.33 Å². The highest BCUT2D eigenvalue weighted by Crippen LogP contribution is 2.24. The molecule has 0 aromatic carbocycles. The van der Waals surface area contributed by atoms with Crippen LogP contribution >= 0.6 is 0 Å². The van der Waals surface area contributed by atoms with Crippen LogP contribution in [0.3, 0.4) is 0 Å². The van der Waals surface area contributed by atoms with Crippen LogP contribution in [0.25, 0.3) is 0 Å². The summed E-state index contributed by atoms with van der Waals surface area (Å²) in [6, 6.07) is 0. The van der Waals surface area contributed by atoms with Crippen LogP contribution in [0.15, 0.2) is 12.7 Å². The Kier molecular flexibility index (Phi) is 2.99. The van der Waals surface area contributed by atoms with Gasteiger partial charge in [0.15, 0.2) is 5.79 Å². The van der Waals surface area contributed by atoms with E-state index >= 15 is 0 Å². The summed E-state index contributed by atoms with van der Waals surface area (Å²) >= 11 is 0. The molecular weight excluding hydrogens is 198 g/mol. The van der Waals surface area contributed by atoms with Gasteiger partial charge in [0, 0.05) is 7.11 Å². The molecular formula is C9H15N3O3. The van der Waals surface area contributed by atoms with E-state index in [0.29, 0.717) is 19.8 Å². The van der Waals surface area contributed by atoms with Crippen molar-refractivity contribution in [2.24, 2.45) is 0 Å². The van der Waals surface area contributed by atoms with Crippen molar-refractivity contribution >= 4 is 0 Å². The van der Waals surface area contributed by atoms with E-state index < -0.39 is 5.79 Å². The summed E-state index contributed by atoms with van der Waals surface area (Å²) < 4.78 is 18.0. The molecule has 1 aliphatic rings. The molecule has 6 heteroatoms. The Morgan fingerprint density at radius 3 is 3.20 bits per heavy atom. The fraction of sp³-hybridized carbons (Fsp3) is 0.778. The number of methoxy groups -OCH3 is 1. The fourth-order valence-electron chi connectivity index (χ4n) is 1.65. The highest BCUT2D eigenvalue weighted by Gasteiger charge is 2.37. The summed E-state index contributed by atoms with van der Waals surface area (Å²) in [6.45, 7) is 3.53. The van der Waals surface area contributed by atoms with E-state index in [1.54, 1.807) is 18.1 Å². The number of hydrogen-bond donors (Lipinski definition) is 0. The maximum absolute atomic E-state index is 5.73. The molecule has 0 saturated carbocycles. The van der Waals surface area contributed by atoms with Gasteiger partial charge in [0.2, 0.25) is 0 Å². The Bertz CT molecular complexity index is 304. The standard InChI is InChI=1S/C9H15N3O3/c1-9(5-12-7-10-6-11-12)14-4-8(15-9)3-13-2/h6-8H,3-5H2,1-2H3. The van der Waals surface area contributed by atoms with Gasteiger partial charge in [-0.05, 0) is 6.92 Å². The number of nitrogens with zero attached hydrogens (tertiary/aromatic N) is 3. The molecule has 2 rings (SSSR count). The van der Waals surface area contributed by atoms with Gasteiger partial charge in [-0.3, -0.25) is 0 Å². The Morgan fingerprint density at radius 2 is 2.53 bits per heavy atom. The second kappa shape index (κ2) is 4.26. The van der Waals surface area contributed by atoms with Gasteiger partial charge >= 0.3 is 0 Å². The van der Waals surface area contributed by atoms with Crippen LogP contribution in [0.2, 0.25) is 0 Å². The molecule has 0 N–H and O–H groups in total. The van der Waals surface area contributed by atoms with Crippen molar-refractivity contribution in [2.75, 3.05) is 20.3 Å².